The molecule has 44 heavy (non-hydrogen) atoms. The van der Waals surface area contributed by atoms with Crippen LogP contribution in [0, 0.1) is 11.3 Å². The molecule has 5 aliphatic rings. The lowest BCUT2D eigenvalue weighted by Gasteiger charge is -2.35. The first-order valence-electron chi connectivity index (χ1n) is 16.0. The number of ether oxygens (including phenoxy) is 1. The van der Waals surface area contributed by atoms with Crippen molar-refractivity contribution in [3.05, 3.63) is 46.2 Å². The number of likely N-dealkylation sites (tertiary alicyclic amines) is 1. The molecule has 4 heterocycles. The Morgan fingerprint density at radius 2 is 2.09 bits per heavy atom. The molecule has 2 aliphatic heterocycles. The molecule has 2 saturated heterocycles. The summed E-state index contributed by atoms with van der Waals surface area (Å²) in [6, 6.07) is 8.16. The highest BCUT2D eigenvalue weighted by Crippen LogP contribution is 2.54. The first-order chi connectivity index (χ1) is 21.3. The van der Waals surface area contributed by atoms with Gasteiger partial charge in [-0.25, -0.2) is 9.37 Å². The quantitative estimate of drug-likeness (QED) is 0.417. The smallest absolute Gasteiger partial charge is 0.219 e. The van der Waals surface area contributed by atoms with Crippen molar-refractivity contribution in [1.29, 1.82) is 5.26 Å². The molecule has 1 aromatic carbocycles. The van der Waals surface area contributed by atoms with E-state index in [2.05, 4.69) is 27.5 Å². The maximum atomic E-state index is 14.2. The van der Waals surface area contributed by atoms with Crippen LogP contribution in [0.5, 0.6) is 5.88 Å². The molecule has 3 N–H and O–H groups in total. The van der Waals surface area contributed by atoms with Crippen LogP contribution in [0.15, 0.2) is 22.7 Å². The van der Waals surface area contributed by atoms with Crippen LogP contribution in [-0.2, 0) is 18.3 Å². The summed E-state index contributed by atoms with van der Waals surface area (Å²) >= 11 is 0. The number of nitrogens with two attached hydrogens (primary N) is 1. The Labute approximate surface area is 256 Å². The molecule has 2 aromatic heterocycles. The molecule has 4 atom stereocenters. The Hall–Kier alpha value is -3.75. The number of aryl methyl sites for hydroxylation is 1. The first kappa shape index (κ1) is 27.8. The standard InChI is InChI=1S/C33H39FN8O2/c1-19(25-14-21(34)17-41(25)2)43-27-15-26(42-13-12-37-32(18-42)10-11-32)38-31(39-27)29-22-4-3-8-33(30(22)44-40-29)9-7-20-5-6-24(36)23(16-35)28(20)33/h5-6,15,19,21,25,37H,3-4,7-14,17-18,36H2,1-2H3/t19-,21+,25-,33+/m0/s1. The summed E-state index contributed by atoms with van der Waals surface area (Å²) in [7, 11) is 1.95. The highest BCUT2D eigenvalue weighted by Gasteiger charge is 2.50. The van der Waals surface area contributed by atoms with Gasteiger partial charge in [0.05, 0.1) is 11.0 Å². The highest BCUT2D eigenvalue weighted by molar-refractivity contribution is 5.68. The second kappa shape index (κ2) is 10.1. The summed E-state index contributed by atoms with van der Waals surface area (Å²) in [5, 5.41) is 18.4. The number of hydrogen-bond donors (Lipinski definition) is 2. The van der Waals surface area contributed by atoms with E-state index in [1.54, 1.807) is 0 Å². The third-order valence-corrected chi connectivity index (χ3v) is 10.8. The summed E-state index contributed by atoms with van der Waals surface area (Å²) in [6.07, 6.45) is 5.97. The summed E-state index contributed by atoms with van der Waals surface area (Å²) in [4.78, 5) is 14.3. The summed E-state index contributed by atoms with van der Waals surface area (Å²) in [5.74, 6) is 2.56. The first-order valence-corrected chi connectivity index (χ1v) is 16.0. The van der Waals surface area contributed by atoms with Gasteiger partial charge in [-0.2, -0.15) is 10.2 Å². The van der Waals surface area contributed by atoms with E-state index in [0.717, 1.165) is 92.8 Å². The van der Waals surface area contributed by atoms with Gasteiger partial charge in [0.25, 0.3) is 0 Å². The molecule has 0 bridgehead atoms. The Kier molecular flexibility index (Phi) is 6.40. The highest BCUT2D eigenvalue weighted by atomic mass is 19.1. The SMILES string of the molecule is C[C@H](Oc1cc(N2CCNC3(CC3)C2)nc(-c2noc3c2CCC[C@]32CCc3ccc(N)c(C#N)c32)n1)[C@@H]1C[C@@H](F)CN1C. The average Bonchev–Trinajstić information content (AvgIpc) is 3.30. The molecule has 0 unspecified atom stereocenters. The van der Waals surface area contributed by atoms with Crippen LogP contribution in [0.4, 0.5) is 15.9 Å². The van der Waals surface area contributed by atoms with Gasteiger partial charge in [0.2, 0.25) is 5.88 Å². The zero-order valence-corrected chi connectivity index (χ0v) is 25.4. The number of nitrogen functional groups attached to an aromatic ring is 1. The molecule has 3 aromatic rings. The number of aromatic nitrogens is 3. The largest absolute Gasteiger partial charge is 0.473 e. The van der Waals surface area contributed by atoms with Gasteiger partial charge < -0.3 is 25.2 Å². The second-order valence-corrected chi connectivity index (χ2v) is 13.6. The molecule has 1 saturated carbocycles. The Bertz CT molecular complexity index is 1660. The lowest BCUT2D eigenvalue weighted by atomic mass is 9.68. The van der Waals surface area contributed by atoms with E-state index < -0.39 is 11.6 Å². The fourth-order valence-corrected chi connectivity index (χ4v) is 8.42. The number of nitrogens with zero attached hydrogens (tertiary/aromatic N) is 6. The monoisotopic (exact) mass is 598 g/mol. The van der Waals surface area contributed by atoms with E-state index in [0.29, 0.717) is 41.6 Å². The minimum atomic E-state index is -0.852. The zero-order valence-electron chi connectivity index (χ0n) is 25.4. The van der Waals surface area contributed by atoms with Gasteiger partial charge in [-0.1, -0.05) is 11.2 Å². The van der Waals surface area contributed by atoms with E-state index in [-0.39, 0.29) is 17.7 Å². The normalized spacial score (nSPS) is 27.7. The van der Waals surface area contributed by atoms with Crippen LogP contribution in [0.3, 0.4) is 0 Å². The summed E-state index contributed by atoms with van der Waals surface area (Å²) in [6.45, 7) is 5.00. The number of halogens is 1. The van der Waals surface area contributed by atoms with Crippen molar-refractivity contribution in [2.75, 3.05) is 43.9 Å². The van der Waals surface area contributed by atoms with Crippen LogP contribution >= 0.6 is 0 Å². The Morgan fingerprint density at radius 1 is 1.23 bits per heavy atom. The lowest BCUT2D eigenvalue weighted by molar-refractivity contribution is 0.117. The van der Waals surface area contributed by atoms with Crippen LogP contribution in [-0.4, -0.2) is 77.1 Å². The molecule has 0 radical (unpaired) electrons. The van der Waals surface area contributed by atoms with Crippen molar-refractivity contribution in [2.24, 2.45) is 0 Å². The maximum Gasteiger partial charge on any atom is 0.219 e. The number of fused-ring (bicyclic) bond motifs is 4. The minimum Gasteiger partial charge on any atom is -0.473 e. The lowest BCUT2D eigenvalue weighted by Crippen LogP contribution is -2.52. The van der Waals surface area contributed by atoms with E-state index in [4.69, 9.17) is 25.0 Å². The molecule has 230 valence electrons. The van der Waals surface area contributed by atoms with Crippen molar-refractivity contribution in [2.45, 2.75) is 87.6 Å². The van der Waals surface area contributed by atoms with E-state index in [1.807, 2.05) is 31.0 Å². The summed E-state index contributed by atoms with van der Waals surface area (Å²) < 4.78 is 26.9. The number of nitrogens with one attached hydrogen (secondary N) is 1. The Morgan fingerprint density at radius 3 is 2.86 bits per heavy atom. The maximum absolute atomic E-state index is 14.2. The van der Waals surface area contributed by atoms with Crippen LogP contribution < -0.4 is 20.7 Å². The number of alkyl halides is 1. The van der Waals surface area contributed by atoms with Crippen molar-refractivity contribution in [3.8, 4) is 23.5 Å². The molecule has 11 heteroatoms. The third-order valence-electron chi connectivity index (χ3n) is 10.8. The molecule has 2 spiro atoms. The topological polar surface area (TPSA) is 129 Å². The molecule has 0 amide bonds. The van der Waals surface area contributed by atoms with Gasteiger partial charge in [0.1, 0.15) is 24.2 Å². The van der Waals surface area contributed by atoms with Gasteiger partial charge >= 0.3 is 0 Å². The van der Waals surface area contributed by atoms with Gasteiger partial charge in [0, 0.05) is 55.1 Å². The van der Waals surface area contributed by atoms with Crippen molar-refractivity contribution in [3.63, 3.8) is 0 Å². The van der Waals surface area contributed by atoms with Crippen molar-refractivity contribution >= 4 is 11.5 Å². The van der Waals surface area contributed by atoms with Gasteiger partial charge in [0.15, 0.2) is 17.3 Å². The number of benzene rings is 1. The second-order valence-electron chi connectivity index (χ2n) is 13.6. The van der Waals surface area contributed by atoms with E-state index >= 15 is 0 Å². The predicted molar refractivity (Wildman–Crippen MR) is 163 cm³/mol. The van der Waals surface area contributed by atoms with Crippen LogP contribution in [0.1, 0.15) is 73.5 Å². The summed E-state index contributed by atoms with van der Waals surface area (Å²) in [5.41, 5.74) is 10.9. The number of rotatable bonds is 5. The number of hydrogen-bond acceptors (Lipinski definition) is 10. The molecule has 10 nitrogen and oxygen atoms in total. The van der Waals surface area contributed by atoms with Gasteiger partial charge in [-0.15, -0.1) is 0 Å². The van der Waals surface area contributed by atoms with Gasteiger partial charge in [-0.05, 0) is 82.5 Å². The number of anilines is 2. The Balaban J connectivity index is 1.20. The zero-order chi connectivity index (χ0) is 30.2. The molecule has 8 rings (SSSR count). The van der Waals surface area contributed by atoms with E-state index in [1.165, 1.54) is 0 Å². The number of piperazine rings is 1. The van der Waals surface area contributed by atoms with Crippen LogP contribution in [0.2, 0.25) is 0 Å². The average molecular weight is 599 g/mol. The molecular formula is C33H39FN8O2. The van der Waals surface area contributed by atoms with Gasteiger partial charge in [-0.3, -0.25) is 4.90 Å². The van der Waals surface area contributed by atoms with Crippen LogP contribution in [0.25, 0.3) is 11.5 Å². The van der Waals surface area contributed by atoms with Crippen molar-refractivity contribution < 1.29 is 13.7 Å². The number of likely N-dealkylation sites (N-methyl/N-ethyl adjacent to an activating group) is 1. The molecular weight excluding hydrogens is 559 g/mol. The fourth-order valence-electron chi connectivity index (χ4n) is 8.42. The van der Waals surface area contributed by atoms with Crippen molar-refractivity contribution in [1.82, 2.24) is 25.3 Å². The van der Waals surface area contributed by atoms with E-state index in [9.17, 15) is 9.65 Å². The molecule has 3 aliphatic carbocycles. The third kappa shape index (κ3) is 4.37. The molecule has 3 fully saturated rings. The fraction of sp³-hybridized carbons (Fsp3) is 0.576. The minimum absolute atomic E-state index is 0.0374. The number of nitriles is 1. The predicted octanol–water partition coefficient (Wildman–Crippen LogP) is 3.91.